The SMILES string of the molecule is CNc1ncnc(NCc2ncn(C)n2)c1[N+](=O)[O-]. The standard InChI is InChI=1S/C9H12N8O2/c1-10-8-7(17(18)19)9(13-4-12-8)11-3-6-14-5-16(2)15-6/h4-5H,3H2,1-2H3,(H2,10,11,12,13). The van der Waals surface area contributed by atoms with E-state index in [1.807, 2.05) is 0 Å². The molecule has 0 bridgehead atoms. The number of hydrogen-bond acceptors (Lipinski definition) is 8. The second-order valence-corrected chi connectivity index (χ2v) is 3.61. The van der Waals surface area contributed by atoms with Gasteiger partial charge in [-0.05, 0) is 0 Å². The fraction of sp³-hybridized carbons (Fsp3) is 0.333. The smallest absolute Gasteiger partial charge is 0.353 e. The zero-order chi connectivity index (χ0) is 13.8. The number of rotatable bonds is 5. The van der Waals surface area contributed by atoms with Crippen molar-refractivity contribution in [1.82, 2.24) is 24.7 Å². The number of nitro groups is 1. The molecule has 10 nitrogen and oxygen atoms in total. The maximum atomic E-state index is 11.0. The van der Waals surface area contributed by atoms with Crippen molar-refractivity contribution in [1.29, 1.82) is 0 Å². The molecule has 0 atom stereocenters. The van der Waals surface area contributed by atoms with E-state index in [0.717, 1.165) is 0 Å². The van der Waals surface area contributed by atoms with Crippen molar-refractivity contribution in [2.45, 2.75) is 6.54 Å². The first-order valence-electron chi connectivity index (χ1n) is 5.37. The largest absolute Gasteiger partial charge is 0.367 e. The Kier molecular flexibility index (Phi) is 3.50. The molecule has 0 saturated carbocycles. The van der Waals surface area contributed by atoms with Crippen LogP contribution in [0, 0.1) is 10.1 Å². The lowest BCUT2D eigenvalue weighted by Crippen LogP contribution is -2.09. The van der Waals surface area contributed by atoms with Gasteiger partial charge in [-0.1, -0.05) is 0 Å². The predicted molar refractivity (Wildman–Crippen MR) is 66.6 cm³/mol. The van der Waals surface area contributed by atoms with Crippen LogP contribution in [0.15, 0.2) is 12.7 Å². The number of aryl methyl sites for hydroxylation is 1. The van der Waals surface area contributed by atoms with E-state index >= 15 is 0 Å². The van der Waals surface area contributed by atoms with E-state index in [2.05, 4.69) is 30.7 Å². The Morgan fingerprint density at radius 3 is 2.68 bits per heavy atom. The van der Waals surface area contributed by atoms with Crippen molar-refractivity contribution in [3.63, 3.8) is 0 Å². The van der Waals surface area contributed by atoms with Gasteiger partial charge in [0.05, 0.1) is 11.5 Å². The van der Waals surface area contributed by atoms with E-state index in [4.69, 9.17) is 0 Å². The molecule has 0 radical (unpaired) electrons. The highest BCUT2D eigenvalue weighted by molar-refractivity contribution is 5.68. The van der Waals surface area contributed by atoms with Crippen molar-refractivity contribution in [2.75, 3.05) is 17.7 Å². The summed E-state index contributed by atoms with van der Waals surface area (Å²) in [5, 5.41) is 20.6. The van der Waals surface area contributed by atoms with Crippen LogP contribution in [-0.2, 0) is 13.6 Å². The summed E-state index contributed by atoms with van der Waals surface area (Å²) in [7, 11) is 3.29. The van der Waals surface area contributed by atoms with Gasteiger partial charge in [-0.3, -0.25) is 14.8 Å². The molecule has 0 aliphatic heterocycles. The molecule has 0 unspecified atom stereocenters. The highest BCUT2D eigenvalue weighted by Gasteiger charge is 2.22. The first kappa shape index (κ1) is 12.7. The highest BCUT2D eigenvalue weighted by atomic mass is 16.6. The number of hydrogen-bond donors (Lipinski definition) is 2. The summed E-state index contributed by atoms with van der Waals surface area (Å²) < 4.78 is 1.55. The zero-order valence-electron chi connectivity index (χ0n) is 10.4. The fourth-order valence-electron chi connectivity index (χ4n) is 1.49. The van der Waals surface area contributed by atoms with E-state index in [-0.39, 0.29) is 23.9 Å². The molecule has 0 amide bonds. The number of nitrogens with one attached hydrogen (secondary N) is 2. The van der Waals surface area contributed by atoms with Gasteiger partial charge in [0.2, 0.25) is 11.6 Å². The number of nitrogens with zero attached hydrogens (tertiary/aromatic N) is 6. The number of aromatic nitrogens is 5. The third-order valence-corrected chi connectivity index (χ3v) is 2.30. The molecule has 0 aliphatic carbocycles. The van der Waals surface area contributed by atoms with Gasteiger partial charge in [0.15, 0.2) is 5.82 Å². The van der Waals surface area contributed by atoms with Crippen LogP contribution in [-0.4, -0.2) is 36.7 Å². The van der Waals surface area contributed by atoms with Crippen molar-refractivity contribution >= 4 is 17.3 Å². The minimum atomic E-state index is -0.542. The van der Waals surface area contributed by atoms with E-state index in [0.29, 0.717) is 5.82 Å². The molecule has 0 fully saturated rings. The molecular weight excluding hydrogens is 252 g/mol. The van der Waals surface area contributed by atoms with Gasteiger partial charge in [-0.2, -0.15) is 5.10 Å². The quantitative estimate of drug-likeness (QED) is 0.578. The third-order valence-electron chi connectivity index (χ3n) is 2.30. The van der Waals surface area contributed by atoms with Gasteiger partial charge in [0, 0.05) is 14.1 Å². The van der Waals surface area contributed by atoms with Crippen LogP contribution < -0.4 is 10.6 Å². The fourth-order valence-corrected chi connectivity index (χ4v) is 1.49. The molecule has 2 heterocycles. The summed E-state index contributed by atoms with van der Waals surface area (Å²) in [5.41, 5.74) is -0.207. The van der Waals surface area contributed by atoms with Crippen LogP contribution >= 0.6 is 0 Å². The average Bonchev–Trinajstić information content (AvgIpc) is 2.81. The molecule has 0 saturated heterocycles. The third kappa shape index (κ3) is 2.73. The van der Waals surface area contributed by atoms with Crippen molar-refractivity contribution < 1.29 is 4.92 Å². The summed E-state index contributed by atoms with van der Waals surface area (Å²) in [6.45, 7) is 0.238. The van der Waals surface area contributed by atoms with Gasteiger partial charge in [-0.15, -0.1) is 0 Å². The summed E-state index contributed by atoms with van der Waals surface area (Å²) in [4.78, 5) is 22.2. The van der Waals surface area contributed by atoms with E-state index in [9.17, 15) is 10.1 Å². The normalized spacial score (nSPS) is 10.2. The zero-order valence-corrected chi connectivity index (χ0v) is 10.4. The minimum Gasteiger partial charge on any atom is -0.367 e. The molecule has 2 aromatic heterocycles. The molecule has 0 aliphatic rings. The molecule has 10 heteroatoms. The van der Waals surface area contributed by atoms with Crippen LogP contribution in [0.5, 0.6) is 0 Å². The molecule has 2 aromatic rings. The summed E-state index contributed by atoms with van der Waals surface area (Å²) in [6, 6.07) is 0. The molecule has 2 N–H and O–H groups in total. The second-order valence-electron chi connectivity index (χ2n) is 3.61. The van der Waals surface area contributed by atoms with Crippen LogP contribution in [0.3, 0.4) is 0 Å². The summed E-state index contributed by atoms with van der Waals surface area (Å²) in [5.74, 6) is 0.787. The molecule has 0 spiro atoms. The maximum absolute atomic E-state index is 11.0. The molecule has 2 rings (SSSR count). The first-order valence-corrected chi connectivity index (χ1v) is 5.37. The van der Waals surface area contributed by atoms with Crippen molar-refractivity contribution in [3.8, 4) is 0 Å². The Hall–Kier alpha value is -2.78. The monoisotopic (exact) mass is 264 g/mol. The Bertz CT molecular complexity index is 596. The van der Waals surface area contributed by atoms with Crippen LogP contribution in [0.25, 0.3) is 0 Å². The Morgan fingerprint density at radius 1 is 1.37 bits per heavy atom. The van der Waals surface area contributed by atoms with Crippen molar-refractivity contribution in [3.05, 3.63) is 28.6 Å². The average molecular weight is 264 g/mol. The van der Waals surface area contributed by atoms with E-state index in [1.54, 1.807) is 25.1 Å². The number of anilines is 2. The lowest BCUT2D eigenvalue weighted by molar-refractivity contribution is -0.383. The van der Waals surface area contributed by atoms with Gasteiger partial charge in [0.25, 0.3) is 0 Å². The highest BCUT2D eigenvalue weighted by Crippen LogP contribution is 2.28. The Morgan fingerprint density at radius 2 is 2.11 bits per heavy atom. The van der Waals surface area contributed by atoms with Gasteiger partial charge >= 0.3 is 5.69 Å². The Balaban J connectivity index is 2.22. The lowest BCUT2D eigenvalue weighted by atomic mass is 10.4. The molecule has 19 heavy (non-hydrogen) atoms. The predicted octanol–water partition coefficient (Wildman–Crippen LogP) is 0.167. The van der Waals surface area contributed by atoms with Crippen molar-refractivity contribution in [2.24, 2.45) is 7.05 Å². The van der Waals surface area contributed by atoms with Gasteiger partial charge in [0.1, 0.15) is 12.7 Å². The first-order chi connectivity index (χ1) is 9.11. The lowest BCUT2D eigenvalue weighted by Gasteiger charge is -2.06. The molecular formula is C9H12N8O2. The van der Waals surface area contributed by atoms with Gasteiger partial charge in [-0.25, -0.2) is 15.0 Å². The maximum Gasteiger partial charge on any atom is 0.353 e. The van der Waals surface area contributed by atoms with Crippen LogP contribution in [0.2, 0.25) is 0 Å². The topological polar surface area (TPSA) is 124 Å². The van der Waals surface area contributed by atoms with E-state index < -0.39 is 4.92 Å². The van der Waals surface area contributed by atoms with Crippen LogP contribution in [0.4, 0.5) is 17.3 Å². The van der Waals surface area contributed by atoms with E-state index in [1.165, 1.54) is 6.33 Å². The molecule has 0 aromatic carbocycles. The Labute approximate surface area is 108 Å². The summed E-state index contributed by atoms with van der Waals surface area (Å²) in [6.07, 6.45) is 2.79. The minimum absolute atomic E-state index is 0.122. The second kappa shape index (κ2) is 5.25. The van der Waals surface area contributed by atoms with Gasteiger partial charge < -0.3 is 10.6 Å². The van der Waals surface area contributed by atoms with Crippen LogP contribution in [0.1, 0.15) is 5.82 Å². The molecule has 100 valence electrons. The summed E-state index contributed by atoms with van der Waals surface area (Å²) >= 11 is 0.